The summed E-state index contributed by atoms with van der Waals surface area (Å²) in [4.78, 5) is 35.0. The smallest absolute Gasteiger partial charge is 0.270 e. The van der Waals surface area contributed by atoms with E-state index in [1.807, 2.05) is 6.07 Å². The molecule has 2 aliphatic rings. The summed E-state index contributed by atoms with van der Waals surface area (Å²) in [7, 11) is 0. The predicted octanol–water partition coefficient (Wildman–Crippen LogP) is 2.13. The topological polar surface area (TPSA) is 95.4 Å². The summed E-state index contributed by atoms with van der Waals surface area (Å²) in [6, 6.07) is 3.69. The van der Waals surface area contributed by atoms with Crippen molar-refractivity contribution < 1.29 is 14.7 Å². The molecule has 0 spiro atoms. The molecule has 148 valence electrons. The van der Waals surface area contributed by atoms with E-state index in [9.17, 15) is 14.7 Å². The fraction of sp³-hybridized carbons (Fsp3) is 0.500. The number of likely N-dealkylation sites (tertiary alicyclic amines) is 1. The number of hydrogen-bond donors (Lipinski definition) is 2. The maximum absolute atomic E-state index is 12.6. The van der Waals surface area contributed by atoms with E-state index in [1.54, 1.807) is 23.4 Å². The third-order valence-corrected chi connectivity index (χ3v) is 6.26. The number of pyridine rings is 2. The zero-order chi connectivity index (χ0) is 19.8. The average molecular weight is 447 g/mol. The van der Waals surface area contributed by atoms with Crippen LogP contribution in [0.15, 0.2) is 29.0 Å². The molecule has 1 aliphatic carbocycles. The highest BCUT2D eigenvalue weighted by Gasteiger charge is 2.45. The highest BCUT2D eigenvalue weighted by Crippen LogP contribution is 2.41. The van der Waals surface area contributed by atoms with E-state index in [4.69, 9.17) is 0 Å². The quantitative estimate of drug-likeness (QED) is 0.749. The number of amides is 2. The normalized spacial score (nSPS) is 25.4. The maximum atomic E-state index is 12.6. The van der Waals surface area contributed by atoms with Crippen molar-refractivity contribution in [2.75, 3.05) is 13.1 Å². The molecule has 4 unspecified atom stereocenters. The van der Waals surface area contributed by atoms with Gasteiger partial charge in [-0.25, -0.2) is 4.98 Å². The molecule has 4 rings (SSSR count). The maximum Gasteiger partial charge on any atom is 0.270 e. The Bertz CT molecular complexity index is 919. The number of nitrogens with zero attached hydrogens (tertiary/aromatic N) is 3. The molecule has 2 aromatic rings. The van der Waals surface area contributed by atoms with Crippen LogP contribution in [0.25, 0.3) is 10.9 Å². The highest BCUT2D eigenvalue weighted by atomic mass is 79.9. The minimum Gasteiger partial charge on any atom is -0.384 e. The number of carbonyl (C=O) groups is 2. The van der Waals surface area contributed by atoms with Gasteiger partial charge in [-0.3, -0.25) is 14.6 Å². The van der Waals surface area contributed by atoms with Crippen molar-refractivity contribution in [1.29, 1.82) is 0 Å². The molecule has 28 heavy (non-hydrogen) atoms. The second kappa shape index (κ2) is 7.75. The van der Waals surface area contributed by atoms with Crippen LogP contribution in [0, 0.1) is 11.8 Å². The Morgan fingerprint density at radius 1 is 1.36 bits per heavy atom. The van der Waals surface area contributed by atoms with Crippen LogP contribution in [0.5, 0.6) is 0 Å². The Labute approximate surface area is 171 Å². The fourth-order valence-corrected chi connectivity index (χ4v) is 4.54. The van der Waals surface area contributed by atoms with E-state index in [1.165, 1.54) is 6.92 Å². The molecule has 0 bridgehead atoms. The zero-order valence-corrected chi connectivity index (χ0v) is 17.2. The number of nitrogens with one attached hydrogen (secondary N) is 1. The Morgan fingerprint density at radius 2 is 2.18 bits per heavy atom. The van der Waals surface area contributed by atoms with Crippen LogP contribution in [-0.4, -0.2) is 57.0 Å². The lowest BCUT2D eigenvalue weighted by Gasteiger charge is -2.33. The lowest BCUT2D eigenvalue weighted by molar-refractivity contribution is -0.141. The molecule has 2 N–H and O–H groups in total. The van der Waals surface area contributed by atoms with Crippen molar-refractivity contribution in [2.24, 2.45) is 11.8 Å². The van der Waals surface area contributed by atoms with Gasteiger partial charge < -0.3 is 15.3 Å². The molecule has 2 amide bonds. The number of piperidine rings is 1. The molecule has 0 radical (unpaired) electrons. The molecule has 0 aromatic carbocycles. The lowest BCUT2D eigenvalue weighted by Crippen LogP contribution is -2.45. The monoisotopic (exact) mass is 446 g/mol. The lowest BCUT2D eigenvalue weighted by atomic mass is 9.92. The molecule has 1 aliphatic heterocycles. The zero-order valence-electron chi connectivity index (χ0n) is 15.6. The molecule has 4 atom stereocenters. The number of aromatic nitrogens is 2. The standard InChI is InChI=1S/C20H23BrN4O3/c1-11(26)20(28)25-6-2-3-13(10-25)14-7-17(14)24-19(27)16-5-4-12-8-22-9-15(21)18(12)23-16/h4-5,8-9,11,13-14,17,26H,2-3,6-7,10H2,1H3,(H,24,27). The molecule has 2 aromatic heterocycles. The molecule has 1 saturated carbocycles. The summed E-state index contributed by atoms with van der Waals surface area (Å²) in [6.07, 6.45) is 5.34. The van der Waals surface area contributed by atoms with Gasteiger partial charge in [0.05, 0.1) is 9.99 Å². The first-order valence-corrected chi connectivity index (χ1v) is 10.4. The summed E-state index contributed by atoms with van der Waals surface area (Å²) in [5, 5.41) is 13.5. The minimum absolute atomic E-state index is 0.123. The van der Waals surface area contributed by atoms with Crippen LogP contribution in [0.2, 0.25) is 0 Å². The van der Waals surface area contributed by atoms with Crippen LogP contribution < -0.4 is 5.32 Å². The summed E-state index contributed by atoms with van der Waals surface area (Å²) in [5.74, 6) is 0.369. The first kappa shape index (κ1) is 19.3. The average Bonchev–Trinajstić information content (AvgIpc) is 3.46. The van der Waals surface area contributed by atoms with Crippen molar-refractivity contribution in [3.63, 3.8) is 0 Å². The second-order valence-corrected chi connectivity index (χ2v) is 8.59. The van der Waals surface area contributed by atoms with Crippen molar-refractivity contribution in [3.05, 3.63) is 34.7 Å². The fourth-order valence-electron chi connectivity index (χ4n) is 4.10. The van der Waals surface area contributed by atoms with Crippen molar-refractivity contribution >= 4 is 38.6 Å². The number of rotatable bonds is 4. The van der Waals surface area contributed by atoms with Gasteiger partial charge in [0, 0.05) is 36.9 Å². The largest absolute Gasteiger partial charge is 0.384 e. The first-order valence-electron chi connectivity index (χ1n) is 9.62. The van der Waals surface area contributed by atoms with Gasteiger partial charge in [0.1, 0.15) is 11.8 Å². The number of hydrogen-bond acceptors (Lipinski definition) is 5. The van der Waals surface area contributed by atoms with Crippen LogP contribution >= 0.6 is 15.9 Å². The Morgan fingerprint density at radius 3 is 2.96 bits per heavy atom. The van der Waals surface area contributed by atoms with Gasteiger partial charge in [0.2, 0.25) is 0 Å². The third-order valence-electron chi connectivity index (χ3n) is 5.68. The SMILES string of the molecule is CC(O)C(=O)N1CCCC(C2CC2NC(=O)c2ccc3cncc(Br)c3n2)C1. The first-order chi connectivity index (χ1) is 13.4. The van der Waals surface area contributed by atoms with Gasteiger partial charge >= 0.3 is 0 Å². The van der Waals surface area contributed by atoms with Crippen molar-refractivity contribution in [3.8, 4) is 0 Å². The van der Waals surface area contributed by atoms with Gasteiger partial charge in [-0.15, -0.1) is 0 Å². The van der Waals surface area contributed by atoms with E-state index in [0.717, 1.165) is 34.6 Å². The molecule has 8 heteroatoms. The summed E-state index contributed by atoms with van der Waals surface area (Å²) in [6.45, 7) is 2.88. The van der Waals surface area contributed by atoms with Gasteiger partial charge in [0.15, 0.2) is 0 Å². The molecule has 7 nitrogen and oxygen atoms in total. The molecule has 2 fully saturated rings. The number of aliphatic hydroxyl groups excluding tert-OH is 1. The Balaban J connectivity index is 1.38. The molecule has 3 heterocycles. The van der Waals surface area contributed by atoms with Crippen molar-refractivity contribution in [1.82, 2.24) is 20.2 Å². The van der Waals surface area contributed by atoms with Crippen LogP contribution in [0.1, 0.15) is 36.7 Å². The Kier molecular flexibility index (Phi) is 5.33. The van der Waals surface area contributed by atoms with Crippen LogP contribution in [0.4, 0.5) is 0 Å². The van der Waals surface area contributed by atoms with E-state index < -0.39 is 6.10 Å². The van der Waals surface area contributed by atoms with E-state index in [0.29, 0.717) is 30.6 Å². The highest BCUT2D eigenvalue weighted by molar-refractivity contribution is 9.10. The summed E-state index contributed by atoms with van der Waals surface area (Å²) < 4.78 is 0.758. The third kappa shape index (κ3) is 3.89. The number of halogens is 1. The molecule has 1 saturated heterocycles. The summed E-state index contributed by atoms with van der Waals surface area (Å²) >= 11 is 3.43. The molecular formula is C20H23BrN4O3. The number of aliphatic hydroxyl groups is 1. The number of carbonyl (C=O) groups excluding carboxylic acids is 2. The number of fused-ring (bicyclic) bond motifs is 1. The van der Waals surface area contributed by atoms with Gasteiger partial charge in [0.25, 0.3) is 11.8 Å². The minimum atomic E-state index is -0.957. The Hall–Kier alpha value is -2.06. The van der Waals surface area contributed by atoms with Gasteiger partial charge in [-0.2, -0.15) is 0 Å². The summed E-state index contributed by atoms with van der Waals surface area (Å²) in [5.41, 5.74) is 1.11. The predicted molar refractivity (Wildman–Crippen MR) is 108 cm³/mol. The van der Waals surface area contributed by atoms with E-state index in [-0.39, 0.29) is 17.9 Å². The van der Waals surface area contributed by atoms with Crippen LogP contribution in [0.3, 0.4) is 0 Å². The van der Waals surface area contributed by atoms with E-state index >= 15 is 0 Å². The van der Waals surface area contributed by atoms with Gasteiger partial charge in [-0.1, -0.05) is 0 Å². The second-order valence-electron chi connectivity index (χ2n) is 7.73. The van der Waals surface area contributed by atoms with E-state index in [2.05, 4.69) is 31.2 Å². The van der Waals surface area contributed by atoms with Crippen molar-refractivity contribution in [2.45, 2.75) is 38.3 Å². The molecular weight excluding hydrogens is 424 g/mol. The van der Waals surface area contributed by atoms with Gasteiger partial charge in [-0.05, 0) is 66.1 Å². The van der Waals surface area contributed by atoms with Crippen LogP contribution in [-0.2, 0) is 4.79 Å².